The summed E-state index contributed by atoms with van der Waals surface area (Å²) in [5.41, 5.74) is 5.54. The normalized spacial score (nSPS) is 22.4. The number of nitrogens with two attached hydrogens (primary N) is 1. The Kier molecular flexibility index (Phi) is 7.39. The summed E-state index contributed by atoms with van der Waals surface area (Å²) in [6, 6.07) is 0. The van der Waals surface area contributed by atoms with E-state index >= 15 is 0 Å². The molecule has 1 amide bonds. The van der Waals surface area contributed by atoms with E-state index in [4.69, 9.17) is 10.5 Å². The van der Waals surface area contributed by atoms with Crippen LogP contribution in [-0.2, 0) is 9.53 Å². The summed E-state index contributed by atoms with van der Waals surface area (Å²) in [5.74, 6) is 1.33. The van der Waals surface area contributed by atoms with Gasteiger partial charge in [0.05, 0.1) is 6.10 Å². The van der Waals surface area contributed by atoms with E-state index in [1.807, 2.05) is 11.8 Å². The van der Waals surface area contributed by atoms with E-state index in [0.717, 1.165) is 39.0 Å². The molecule has 0 saturated heterocycles. The molecule has 0 heterocycles. The fraction of sp³-hybridized carbons (Fsp3) is 0.933. The van der Waals surface area contributed by atoms with Crippen LogP contribution in [0.25, 0.3) is 0 Å². The lowest BCUT2D eigenvalue weighted by atomic mass is 9.79. The predicted octanol–water partition coefficient (Wildman–Crippen LogP) is 2.02. The van der Waals surface area contributed by atoms with Crippen LogP contribution >= 0.6 is 0 Å². The van der Waals surface area contributed by atoms with E-state index in [1.165, 1.54) is 0 Å². The minimum atomic E-state index is 0.294. The van der Waals surface area contributed by atoms with Crippen molar-refractivity contribution in [2.75, 3.05) is 26.2 Å². The summed E-state index contributed by atoms with van der Waals surface area (Å²) in [6.45, 7) is 9.40. The molecule has 112 valence electrons. The van der Waals surface area contributed by atoms with Crippen molar-refractivity contribution in [2.24, 2.45) is 17.6 Å². The quantitative estimate of drug-likeness (QED) is 0.697. The highest BCUT2D eigenvalue weighted by Crippen LogP contribution is 2.33. The Bertz CT molecular complexity index is 263. The van der Waals surface area contributed by atoms with Gasteiger partial charge in [0.25, 0.3) is 0 Å². The lowest BCUT2D eigenvalue weighted by Crippen LogP contribution is -2.40. The average Bonchev–Trinajstić information content (AvgIpc) is 2.31. The van der Waals surface area contributed by atoms with Gasteiger partial charge in [0, 0.05) is 26.1 Å². The van der Waals surface area contributed by atoms with Crippen molar-refractivity contribution >= 4 is 5.91 Å². The van der Waals surface area contributed by atoms with Gasteiger partial charge in [-0.05, 0) is 44.6 Å². The van der Waals surface area contributed by atoms with E-state index < -0.39 is 0 Å². The SMILES string of the molecule is CCOC1CC(CC(=O)N(CCCN)CC(C)C)C1. The van der Waals surface area contributed by atoms with Gasteiger partial charge in [-0.1, -0.05) is 13.8 Å². The Balaban J connectivity index is 2.31. The van der Waals surface area contributed by atoms with Crippen LogP contribution in [0.3, 0.4) is 0 Å². The molecule has 1 aliphatic carbocycles. The topological polar surface area (TPSA) is 55.6 Å². The molecule has 0 radical (unpaired) electrons. The standard InChI is InChI=1S/C15H30N2O2/c1-4-19-14-8-13(9-14)10-15(18)17(7-5-6-16)11-12(2)3/h12-14H,4-11,16H2,1-3H3. The Hall–Kier alpha value is -0.610. The van der Waals surface area contributed by atoms with Crippen LogP contribution in [0.1, 0.15) is 46.5 Å². The smallest absolute Gasteiger partial charge is 0.222 e. The van der Waals surface area contributed by atoms with Crippen LogP contribution < -0.4 is 5.73 Å². The third-order valence-corrected chi connectivity index (χ3v) is 3.63. The van der Waals surface area contributed by atoms with Crippen molar-refractivity contribution in [3.63, 3.8) is 0 Å². The molecule has 0 aliphatic heterocycles. The van der Waals surface area contributed by atoms with Crippen LogP contribution in [0, 0.1) is 11.8 Å². The summed E-state index contributed by atoms with van der Waals surface area (Å²) < 4.78 is 5.54. The van der Waals surface area contributed by atoms with Crippen LogP contribution in [0.4, 0.5) is 0 Å². The van der Waals surface area contributed by atoms with Gasteiger partial charge >= 0.3 is 0 Å². The molecule has 1 aliphatic rings. The second-order valence-electron chi connectivity index (χ2n) is 5.99. The molecule has 0 atom stereocenters. The molecule has 0 aromatic carbocycles. The van der Waals surface area contributed by atoms with Crippen molar-refractivity contribution < 1.29 is 9.53 Å². The Morgan fingerprint density at radius 2 is 2.11 bits per heavy atom. The van der Waals surface area contributed by atoms with E-state index in [-0.39, 0.29) is 0 Å². The van der Waals surface area contributed by atoms with Gasteiger partial charge in [-0.2, -0.15) is 0 Å². The molecule has 1 rings (SSSR count). The first kappa shape index (κ1) is 16.4. The highest BCUT2D eigenvalue weighted by atomic mass is 16.5. The maximum atomic E-state index is 12.3. The molecular formula is C15H30N2O2. The molecule has 1 fully saturated rings. The van der Waals surface area contributed by atoms with Crippen LogP contribution in [-0.4, -0.2) is 43.2 Å². The molecule has 0 unspecified atom stereocenters. The highest BCUT2D eigenvalue weighted by Gasteiger charge is 2.32. The lowest BCUT2D eigenvalue weighted by molar-refractivity contribution is -0.135. The van der Waals surface area contributed by atoms with Gasteiger partial charge in [-0.3, -0.25) is 4.79 Å². The third-order valence-electron chi connectivity index (χ3n) is 3.63. The van der Waals surface area contributed by atoms with E-state index in [0.29, 0.717) is 36.8 Å². The first-order valence-corrected chi connectivity index (χ1v) is 7.66. The highest BCUT2D eigenvalue weighted by molar-refractivity contribution is 5.76. The number of nitrogens with zero attached hydrogens (tertiary/aromatic N) is 1. The summed E-state index contributed by atoms with van der Waals surface area (Å²) in [5, 5.41) is 0. The number of amides is 1. The summed E-state index contributed by atoms with van der Waals surface area (Å²) in [7, 11) is 0. The van der Waals surface area contributed by atoms with Gasteiger partial charge in [0.15, 0.2) is 0 Å². The minimum Gasteiger partial charge on any atom is -0.378 e. The first-order chi connectivity index (χ1) is 9.06. The number of carbonyl (C=O) groups excluding carboxylic acids is 1. The molecular weight excluding hydrogens is 240 g/mol. The van der Waals surface area contributed by atoms with Gasteiger partial charge in [-0.25, -0.2) is 0 Å². The van der Waals surface area contributed by atoms with Gasteiger partial charge in [-0.15, -0.1) is 0 Å². The fourth-order valence-electron chi connectivity index (χ4n) is 2.63. The average molecular weight is 270 g/mol. The van der Waals surface area contributed by atoms with E-state index in [2.05, 4.69) is 13.8 Å². The van der Waals surface area contributed by atoms with Gasteiger partial charge in [0.2, 0.25) is 5.91 Å². The monoisotopic (exact) mass is 270 g/mol. The van der Waals surface area contributed by atoms with Crippen molar-refractivity contribution in [1.82, 2.24) is 4.90 Å². The largest absolute Gasteiger partial charge is 0.378 e. The van der Waals surface area contributed by atoms with Gasteiger partial charge in [0.1, 0.15) is 0 Å². The molecule has 19 heavy (non-hydrogen) atoms. The Labute approximate surface area is 117 Å². The molecule has 0 aromatic heterocycles. The maximum Gasteiger partial charge on any atom is 0.222 e. The molecule has 0 bridgehead atoms. The second kappa shape index (κ2) is 8.54. The zero-order valence-electron chi connectivity index (χ0n) is 12.7. The fourth-order valence-corrected chi connectivity index (χ4v) is 2.63. The molecule has 4 nitrogen and oxygen atoms in total. The number of hydrogen-bond donors (Lipinski definition) is 1. The van der Waals surface area contributed by atoms with Crippen molar-refractivity contribution in [2.45, 2.75) is 52.6 Å². The van der Waals surface area contributed by atoms with E-state index in [1.54, 1.807) is 0 Å². The second-order valence-corrected chi connectivity index (χ2v) is 5.99. The zero-order valence-corrected chi connectivity index (χ0v) is 12.7. The molecule has 0 aromatic rings. The number of carbonyl (C=O) groups is 1. The third kappa shape index (κ3) is 5.91. The summed E-state index contributed by atoms with van der Waals surface area (Å²) in [6.07, 6.45) is 4.06. The molecule has 0 spiro atoms. The minimum absolute atomic E-state index is 0.294. The van der Waals surface area contributed by atoms with Crippen LogP contribution in [0.2, 0.25) is 0 Å². The van der Waals surface area contributed by atoms with Crippen molar-refractivity contribution in [1.29, 1.82) is 0 Å². The van der Waals surface area contributed by atoms with E-state index in [9.17, 15) is 4.79 Å². The zero-order chi connectivity index (χ0) is 14.3. The number of ether oxygens (including phenoxy) is 1. The van der Waals surface area contributed by atoms with Crippen molar-refractivity contribution in [3.8, 4) is 0 Å². The molecule has 1 saturated carbocycles. The number of rotatable bonds is 9. The van der Waals surface area contributed by atoms with Gasteiger partial charge < -0.3 is 15.4 Å². The Morgan fingerprint density at radius 1 is 1.42 bits per heavy atom. The van der Waals surface area contributed by atoms with Crippen molar-refractivity contribution in [3.05, 3.63) is 0 Å². The molecule has 2 N–H and O–H groups in total. The number of hydrogen-bond acceptors (Lipinski definition) is 3. The first-order valence-electron chi connectivity index (χ1n) is 7.66. The lowest BCUT2D eigenvalue weighted by Gasteiger charge is -2.36. The van der Waals surface area contributed by atoms with Crippen LogP contribution in [0.15, 0.2) is 0 Å². The predicted molar refractivity (Wildman–Crippen MR) is 77.8 cm³/mol. The molecule has 4 heteroatoms. The Morgan fingerprint density at radius 3 is 2.63 bits per heavy atom. The summed E-state index contributed by atoms with van der Waals surface area (Å²) >= 11 is 0. The van der Waals surface area contributed by atoms with Crippen LogP contribution in [0.5, 0.6) is 0 Å². The summed E-state index contributed by atoms with van der Waals surface area (Å²) in [4.78, 5) is 14.3. The maximum absolute atomic E-state index is 12.3.